The monoisotopic (exact) mass is 184 g/mol. The van der Waals surface area contributed by atoms with E-state index in [1.807, 2.05) is 0 Å². The molecule has 3 heteroatoms. The molecule has 0 saturated carbocycles. The maximum atomic E-state index is 9.56. The number of β-amino-alcohol motifs (C(OH)–C–C–N with tert-alkyl or cyclic N) is 1. The zero-order valence-electron chi connectivity index (χ0n) is 8.21. The van der Waals surface area contributed by atoms with E-state index in [1.165, 1.54) is 0 Å². The summed E-state index contributed by atoms with van der Waals surface area (Å²) in [5, 5.41) is 9.56. The number of hydrogen-bond donors (Lipinski definition) is 2. The number of nitrogens with two attached hydrogens (primary N) is 1. The molecule has 1 saturated heterocycles. The van der Waals surface area contributed by atoms with E-state index in [1.54, 1.807) is 0 Å². The van der Waals surface area contributed by atoms with Crippen LogP contribution in [0.15, 0.2) is 12.3 Å². The maximum absolute atomic E-state index is 9.56. The quantitative estimate of drug-likeness (QED) is 0.678. The lowest BCUT2D eigenvalue weighted by molar-refractivity contribution is 0.130. The van der Waals surface area contributed by atoms with Crippen molar-refractivity contribution in [1.29, 1.82) is 0 Å². The average molecular weight is 184 g/mol. The average Bonchev–Trinajstić information content (AvgIpc) is 2.25. The van der Waals surface area contributed by atoms with E-state index in [-0.39, 0.29) is 6.10 Å². The van der Waals surface area contributed by atoms with E-state index < -0.39 is 0 Å². The van der Waals surface area contributed by atoms with Crippen molar-refractivity contribution in [2.24, 2.45) is 5.73 Å². The first-order valence-electron chi connectivity index (χ1n) is 5.05. The van der Waals surface area contributed by atoms with Crippen molar-refractivity contribution < 1.29 is 5.11 Å². The first-order chi connectivity index (χ1) is 6.24. The summed E-state index contributed by atoms with van der Waals surface area (Å²) in [6, 6.07) is 0. The van der Waals surface area contributed by atoms with Gasteiger partial charge in [0.25, 0.3) is 0 Å². The Bertz CT molecular complexity index is 170. The minimum atomic E-state index is -0.183. The molecule has 1 unspecified atom stereocenters. The number of aliphatic hydroxyl groups is 1. The topological polar surface area (TPSA) is 49.5 Å². The second-order valence-corrected chi connectivity index (χ2v) is 3.70. The summed E-state index contributed by atoms with van der Waals surface area (Å²) in [5.41, 5.74) is 6.60. The second kappa shape index (κ2) is 5.25. The van der Waals surface area contributed by atoms with Crippen LogP contribution in [0.1, 0.15) is 25.7 Å². The van der Waals surface area contributed by atoms with Gasteiger partial charge in [0.1, 0.15) is 0 Å². The van der Waals surface area contributed by atoms with Crippen molar-refractivity contribution >= 4 is 0 Å². The van der Waals surface area contributed by atoms with E-state index in [0.29, 0.717) is 6.54 Å². The maximum Gasteiger partial charge on any atom is 0.0715 e. The third-order valence-corrected chi connectivity index (χ3v) is 2.51. The van der Waals surface area contributed by atoms with E-state index in [0.717, 1.165) is 44.5 Å². The zero-order chi connectivity index (χ0) is 9.68. The van der Waals surface area contributed by atoms with Crippen LogP contribution in [0.5, 0.6) is 0 Å². The van der Waals surface area contributed by atoms with Gasteiger partial charge in [0.15, 0.2) is 0 Å². The Hall–Kier alpha value is -0.540. The van der Waals surface area contributed by atoms with E-state index >= 15 is 0 Å². The molecule has 76 valence electrons. The molecule has 0 aromatic heterocycles. The SMILES string of the molecule is C=C1CCCC(O)CN1CCCN. The van der Waals surface area contributed by atoms with Gasteiger partial charge < -0.3 is 15.7 Å². The molecule has 0 aromatic carbocycles. The molecule has 3 N–H and O–H groups in total. The summed E-state index contributed by atoms with van der Waals surface area (Å²) in [7, 11) is 0. The van der Waals surface area contributed by atoms with Gasteiger partial charge in [0.2, 0.25) is 0 Å². The highest BCUT2D eigenvalue weighted by Gasteiger charge is 2.16. The summed E-state index contributed by atoms with van der Waals surface area (Å²) in [5.74, 6) is 0. The van der Waals surface area contributed by atoms with E-state index in [2.05, 4.69) is 11.5 Å². The largest absolute Gasteiger partial charge is 0.391 e. The molecule has 1 rings (SSSR count). The fraction of sp³-hybridized carbons (Fsp3) is 0.800. The summed E-state index contributed by atoms with van der Waals surface area (Å²) in [6.45, 7) is 6.40. The third kappa shape index (κ3) is 3.36. The van der Waals surface area contributed by atoms with Crippen LogP contribution in [0, 0.1) is 0 Å². The Morgan fingerprint density at radius 3 is 3.08 bits per heavy atom. The molecule has 1 fully saturated rings. The Labute approximate surface area is 80.2 Å². The van der Waals surface area contributed by atoms with Crippen molar-refractivity contribution in [3.05, 3.63) is 12.3 Å². The highest BCUT2D eigenvalue weighted by Crippen LogP contribution is 2.18. The molecule has 3 nitrogen and oxygen atoms in total. The van der Waals surface area contributed by atoms with Crippen LogP contribution in [0.4, 0.5) is 0 Å². The van der Waals surface area contributed by atoms with E-state index in [4.69, 9.17) is 5.73 Å². The Morgan fingerprint density at radius 1 is 1.62 bits per heavy atom. The number of allylic oxidation sites excluding steroid dienone is 1. The molecule has 0 radical (unpaired) electrons. The van der Waals surface area contributed by atoms with Gasteiger partial charge in [-0.15, -0.1) is 0 Å². The molecule has 0 amide bonds. The normalized spacial score (nSPS) is 24.6. The van der Waals surface area contributed by atoms with Gasteiger partial charge >= 0.3 is 0 Å². The van der Waals surface area contributed by atoms with Crippen LogP contribution in [0.2, 0.25) is 0 Å². The third-order valence-electron chi connectivity index (χ3n) is 2.51. The van der Waals surface area contributed by atoms with Crippen molar-refractivity contribution in [3.63, 3.8) is 0 Å². The molecule has 13 heavy (non-hydrogen) atoms. The molecule has 0 bridgehead atoms. The number of likely N-dealkylation sites (tertiary alicyclic amines) is 1. The number of aliphatic hydroxyl groups excluding tert-OH is 1. The summed E-state index contributed by atoms with van der Waals surface area (Å²) >= 11 is 0. The smallest absolute Gasteiger partial charge is 0.0715 e. The van der Waals surface area contributed by atoms with Crippen molar-refractivity contribution in [2.75, 3.05) is 19.6 Å². The zero-order valence-corrected chi connectivity index (χ0v) is 8.21. The van der Waals surface area contributed by atoms with Gasteiger partial charge in [-0.2, -0.15) is 0 Å². The Balaban J connectivity index is 2.42. The van der Waals surface area contributed by atoms with Gasteiger partial charge in [-0.25, -0.2) is 0 Å². The van der Waals surface area contributed by atoms with Gasteiger partial charge in [-0.1, -0.05) is 6.58 Å². The van der Waals surface area contributed by atoms with Crippen LogP contribution >= 0.6 is 0 Å². The van der Waals surface area contributed by atoms with Crippen molar-refractivity contribution in [1.82, 2.24) is 4.90 Å². The molecule has 1 atom stereocenters. The molecule has 0 aliphatic carbocycles. The lowest BCUT2D eigenvalue weighted by atomic mass is 10.2. The highest BCUT2D eigenvalue weighted by molar-refractivity contribution is 4.97. The molecule has 0 spiro atoms. The predicted octanol–water partition coefficient (Wildman–Crippen LogP) is 0.696. The second-order valence-electron chi connectivity index (χ2n) is 3.70. The summed E-state index contributed by atoms with van der Waals surface area (Å²) in [6.07, 6.45) is 3.77. The summed E-state index contributed by atoms with van der Waals surface area (Å²) in [4.78, 5) is 2.17. The lowest BCUT2D eigenvalue weighted by Crippen LogP contribution is -2.31. The first-order valence-corrected chi connectivity index (χ1v) is 5.05. The Morgan fingerprint density at radius 2 is 2.38 bits per heavy atom. The molecular weight excluding hydrogens is 164 g/mol. The van der Waals surface area contributed by atoms with Crippen LogP contribution in [0.25, 0.3) is 0 Å². The van der Waals surface area contributed by atoms with Gasteiger partial charge in [-0.05, 0) is 32.2 Å². The minimum absolute atomic E-state index is 0.183. The number of nitrogens with zero attached hydrogens (tertiary/aromatic N) is 1. The van der Waals surface area contributed by atoms with Crippen LogP contribution in [0.3, 0.4) is 0 Å². The summed E-state index contributed by atoms with van der Waals surface area (Å²) < 4.78 is 0. The van der Waals surface area contributed by atoms with E-state index in [9.17, 15) is 5.11 Å². The van der Waals surface area contributed by atoms with Crippen molar-refractivity contribution in [3.8, 4) is 0 Å². The molecular formula is C10H20N2O. The van der Waals surface area contributed by atoms with Gasteiger partial charge in [0, 0.05) is 18.8 Å². The number of rotatable bonds is 3. The predicted molar refractivity (Wildman–Crippen MR) is 54.2 cm³/mol. The van der Waals surface area contributed by atoms with Crippen LogP contribution in [-0.4, -0.2) is 35.7 Å². The fourth-order valence-electron chi connectivity index (χ4n) is 1.71. The first kappa shape index (κ1) is 10.5. The van der Waals surface area contributed by atoms with Crippen molar-refractivity contribution in [2.45, 2.75) is 31.8 Å². The molecule has 1 aliphatic heterocycles. The molecule has 0 aromatic rings. The molecule has 1 aliphatic rings. The fourth-order valence-corrected chi connectivity index (χ4v) is 1.71. The minimum Gasteiger partial charge on any atom is -0.391 e. The van der Waals surface area contributed by atoms with Crippen LogP contribution < -0.4 is 5.73 Å². The molecule has 1 heterocycles. The van der Waals surface area contributed by atoms with Crippen LogP contribution in [-0.2, 0) is 0 Å². The lowest BCUT2D eigenvalue weighted by Gasteiger charge is -2.25. The van der Waals surface area contributed by atoms with Gasteiger partial charge in [-0.3, -0.25) is 0 Å². The number of hydrogen-bond acceptors (Lipinski definition) is 3. The standard InChI is InChI=1S/C10H20N2O/c1-9-4-2-5-10(13)8-12(9)7-3-6-11/h10,13H,1-8,11H2. The Kier molecular flexibility index (Phi) is 4.25. The van der Waals surface area contributed by atoms with Gasteiger partial charge in [0.05, 0.1) is 6.10 Å². The highest BCUT2D eigenvalue weighted by atomic mass is 16.3.